The lowest BCUT2D eigenvalue weighted by atomic mass is 9.94. The third kappa shape index (κ3) is 6.68. The Balaban J connectivity index is 1.48. The lowest BCUT2D eigenvalue weighted by Crippen LogP contribution is -2.37. The first-order chi connectivity index (χ1) is 17.5. The number of likely N-dealkylation sites (tertiary alicyclic amines) is 2. The standard InChI is InChI=1S/C28H38F2N6/c1-20(21-8-12-36(13-9-21)19-27(29)30)34-28-15-24-14-22(6-7-23(24)17-33-28)25(16-31)26(32-2)18-35-10-4-3-5-11-35/h6-7,14-17,21,27,31-32H,1,3-5,8-13,18-19H2,2H3,(H,33,34)/b26-25+,31-16?. The molecular formula is C28H38F2N6. The van der Waals surface area contributed by atoms with E-state index in [0.29, 0.717) is 13.1 Å². The number of likely N-dealkylation sites (N-methyl/N-ethyl adjacent to an activating group) is 1. The van der Waals surface area contributed by atoms with Crippen LogP contribution in [-0.2, 0) is 0 Å². The van der Waals surface area contributed by atoms with Crippen LogP contribution in [0, 0.1) is 11.3 Å². The van der Waals surface area contributed by atoms with Crippen LogP contribution in [0.5, 0.6) is 0 Å². The van der Waals surface area contributed by atoms with Gasteiger partial charge in [-0.05, 0) is 74.9 Å². The Bertz CT molecular complexity index is 1080. The molecule has 1 aromatic carbocycles. The number of benzene rings is 1. The number of alkyl halides is 2. The Labute approximate surface area is 213 Å². The third-order valence-electron chi connectivity index (χ3n) is 7.40. The number of nitrogens with one attached hydrogen (secondary N) is 3. The van der Waals surface area contributed by atoms with Crippen molar-refractivity contribution in [1.29, 1.82) is 5.41 Å². The van der Waals surface area contributed by atoms with Crippen molar-refractivity contribution in [2.75, 3.05) is 51.6 Å². The molecule has 0 bridgehead atoms. The third-order valence-corrected chi connectivity index (χ3v) is 7.40. The van der Waals surface area contributed by atoms with Crippen LogP contribution < -0.4 is 10.6 Å². The quantitative estimate of drug-likeness (QED) is 0.395. The van der Waals surface area contributed by atoms with Crippen LogP contribution in [0.1, 0.15) is 37.7 Å². The fraction of sp³-hybridized carbons (Fsp3) is 0.500. The number of nitrogens with zero attached hydrogens (tertiary/aromatic N) is 3. The molecule has 194 valence electrons. The molecule has 0 spiro atoms. The molecule has 1 aromatic heterocycles. The lowest BCUT2D eigenvalue weighted by molar-refractivity contribution is 0.0725. The molecule has 0 saturated carbocycles. The van der Waals surface area contributed by atoms with Gasteiger partial charge < -0.3 is 16.0 Å². The summed E-state index contributed by atoms with van der Waals surface area (Å²) in [6, 6.07) is 8.23. The van der Waals surface area contributed by atoms with E-state index in [1.54, 1.807) is 0 Å². The molecule has 36 heavy (non-hydrogen) atoms. The van der Waals surface area contributed by atoms with Gasteiger partial charge in [0.05, 0.1) is 6.54 Å². The van der Waals surface area contributed by atoms with E-state index >= 15 is 0 Å². The van der Waals surface area contributed by atoms with E-state index in [1.165, 1.54) is 25.5 Å². The molecule has 0 aliphatic carbocycles. The summed E-state index contributed by atoms with van der Waals surface area (Å²) in [5.41, 5.74) is 3.84. The molecule has 3 heterocycles. The van der Waals surface area contributed by atoms with Crippen LogP contribution in [0.2, 0.25) is 0 Å². The zero-order chi connectivity index (χ0) is 25.5. The molecule has 0 radical (unpaired) electrons. The van der Waals surface area contributed by atoms with Crippen molar-refractivity contribution >= 4 is 28.4 Å². The zero-order valence-corrected chi connectivity index (χ0v) is 21.2. The highest BCUT2D eigenvalue weighted by atomic mass is 19.3. The molecule has 6 nitrogen and oxygen atoms in total. The maximum Gasteiger partial charge on any atom is 0.251 e. The number of pyridine rings is 1. The molecule has 2 fully saturated rings. The Hall–Kier alpha value is -2.84. The van der Waals surface area contributed by atoms with Gasteiger partial charge in [0, 0.05) is 54.3 Å². The summed E-state index contributed by atoms with van der Waals surface area (Å²) < 4.78 is 25.3. The largest absolute Gasteiger partial charge is 0.390 e. The van der Waals surface area contributed by atoms with Gasteiger partial charge in [-0.2, -0.15) is 0 Å². The molecule has 2 aliphatic heterocycles. The summed E-state index contributed by atoms with van der Waals surface area (Å²) in [5, 5.41) is 16.9. The van der Waals surface area contributed by atoms with Gasteiger partial charge in [0.15, 0.2) is 0 Å². The van der Waals surface area contributed by atoms with Crippen LogP contribution >= 0.6 is 0 Å². The van der Waals surface area contributed by atoms with E-state index in [-0.39, 0.29) is 12.5 Å². The molecular weight excluding hydrogens is 458 g/mol. The van der Waals surface area contributed by atoms with E-state index in [2.05, 4.69) is 39.2 Å². The van der Waals surface area contributed by atoms with Crippen molar-refractivity contribution in [2.45, 2.75) is 38.5 Å². The highest BCUT2D eigenvalue weighted by Crippen LogP contribution is 2.28. The van der Waals surface area contributed by atoms with Gasteiger partial charge in [-0.15, -0.1) is 0 Å². The van der Waals surface area contributed by atoms with Gasteiger partial charge >= 0.3 is 0 Å². The normalized spacial score (nSPS) is 18.8. The van der Waals surface area contributed by atoms with Crippen molar-refractivity contribution in [1.82, 2.24) is 20.1 Å². The van der Waals surface area contributed by atoms with Gasteiger partial charge in [-0.3, -0.25) is 9.80 Å². The number of piperidine rings is 2. The van der Waals surface area contributed by atoms with E-state index in [4.69, 9.17) is 5.41 Å². The zero-order valence-electron chi connectivity index (χ0n) is 21.2. The van der Waals surface area contributed by atoms with Gasteiger partial charge in [0.1, 0.15) is 5.82 Å². The Morgan fingerprint density at radius 3 is 2.53 bits per heavy atom. The molecule has 2 aliphatic rings. The van der Waals surface area contributed by atoms with Crippen molar-refractivity contribution < 1.29 is 8.78 Å². The van der Waals surface area contributed by atoms with E-state index in [0.717, 1.165) is 71.6 Å². The minimum atomic E-state index is -2.29. The average Bonchev–Trinajstić information content (AvgIpc) is 2.89. The van der Waals surface area contributed by atoms with Gasteiger partial charge in [-0.1, -0.05) is 25.1 Å². The number of anilines is 1. The van der Waals surface area contributed by atoms with E-state index in [1.807, 2.05) is 30.3 Å². The molecule has 0 unspecified atom stereocenters. The topological polar surface area (TPSA) is 67.3 Å². The monoisotopic (exact) mass is 496 g/mol. The number of hydrogen-bond acceptors (Lipinski definition) is 6. The highest BCUT2D eigenvalue weighted by molar-refractivity contribution is 6.10. The van der Waals surface area contributed by atoms with Crippen molar-refractivity contribution in [3.8, 4) is 0 Å². The number of fused-ring (bicyclic) bond motifs is 1. The van der Waals surface area contributed by atoms with Gasteiger partial charge in [0.25, 0.3) is 6.43 Å². The van der Waals surface area contributed by atoms with Crippen LogP contribution in [0.15, 0.2) is 48.4 Å². The Morgan fingerprint density at radius 1 is 1.11 bits per heavy atom. The second kappa shape index (κ2) is 12.4. The van der Waals surface area contributed by atoms with E-state index in [9.17, 15) is 8.78 Å². The summed E-state index contributed by atoms with van der Waals surface area (Å²) in [7, 11) is 1.93. The smallest absolute Gasteiger partial charge is 0.251 e. The average molecular weight is 497 g/mol. The summed E-state index contributed by atoms with van der Waals surface area (Å²) in [5.74, 6) is 0.963. The lowest BCUT2D eigenvalue weighted by Gasteiger charge is -2.32. The SMILES string of the molecule is C=C(Nc1cc2cc(/C(C=N)=C(\CN3CCCCC3)NC)ccc2cn1)C1CCN(CC(F)F)CC1. The predicted molar refractivity (Wildman–Crippen MR) is 145 cm³/mol. The molecule has 3 N–H and O–H groups in total. The van der Waals surface area contributed by atoms with Crippen LogP contribution in [0.4, 0.5) is 14.6 Å². The molecule has 2 saturated heterocycles. The summed E-state index contributed by atoms with van der Waals surface area (Å²) in [4.78, 5) is 8.84. The highest BCUT2D eigenvalue weighted by Gasteiger charge is 2.23. The summed E-state index contributed by atoms with van der Waals surface area (Å²) in [6.07, 6.45) is 6.39. The fourth-order valence-electron chi connectivity index (χ4n) is 5.29. The molecule has 2 aromatic rings. The maximum atomic E-state index is 12.7. The second-order valence-corrected chi connectivity index (χ2v) is 9.87. The van der Waals surface area contributed by atoms with Crippen LogP contribution in [0.3, 0.4) is 0 Å². The van der Waals surface area contributed by atoms with Gasteiger partial charge in [0.2, 0.25) is 0 Å². The second-order valence-electron chi connectivity index (χ2n) is 9.87. The molecule has 8 heteroatoms. The fourth-order valence-corrected chi connectivity index (χ4v) is 5.29. The summed E-state index contributed by atoms with van der Waals surface area (Å²) >= 11 is 0. The van der Waals surface area contributed by atoms with Crippen molar-refractivity contribution in [3.63, 3.8) is 0 Å². The first-order valence-electron chi connectivity index (χ1n) is 13.0. The molecule has 4 rings (SSSR count). The number of hydrogen-bond donors (Lipinski definition) is 3. The van der Waals surface area contributed by atoms with Crippen molar-refractivity contribution in [3.05, 3.63) is 54.0 Å². The minimum Gasteiger partial charge on any atom is -0.390 e. The molecule has 0 atom stereocenters. The Kier molecular flexibility index (Phi) is 9.04. The predicted octanol–water partition coefficient (Wildman–Crippen LogP) is 5.20. The van der Waals surface area contributed by atoms with Crippen LogP contribution in [-0.4, -0.2) is 73.7 Å². The Morgan fingerprint density at radius 2 is 1.86 bits per heavy atom. The first kappa shape index (κ1) is 26.2. The number of rotatable bonds is 10. The number of aromatic nitrogens is 1. The molecule has 0 amide bonds. The number of allylic oxidation sites excluding steroid dienone is 2. The van der Waals surface area contributed by atoms with Crippen molar-refractivity contribution in [2.24, 2.45) is 5.92 Å². The minimum absolute atomic E-state index is 0.152. The summed E-state index contributed by atoms with van der Waals surface area (Å²) in [6.45, 7) is 8.41. The van der Waals surface area contributed by atoms with Gasteiger partial charge in [-0.25, -0.2) is 13.8 Å². The first-order valence-corrected chi connectivity index (χ1v) is 13.0. The maximum absolute atomic E-state index is 12.7. The van der Waals surface area contributed by atoms with Crippen LogP contribution in [0.25, 0.3) is 16.3 Å². The number of halogens is 2. The van der Waals surface area contributed by atoms with E-state index < -0.39 is 6.43 Å².